The molecule has 0 aromatic heterocycles. The van der Waals surface area contributed by atoms with Crippen LogP contribution in [0.25, 0.3) is 0 Å². The number of hydrogen-bond donors (Lipinski definition) is 2. The van der Waals surface area contributed by atoms with Crippen molar-refractivity contribution in [1.82, 2.24) is 5.32 Å². The van der Waals surface area contributed by atoms with Crippen molar-refractivity contribution >= 4 is 33.4 Å². The van der Waals surface area contributed by atoms with Crippen molar-refractivity contribution in [3.63, 3.8) is 0 Å². The minimum absolute atomic E-state index is 0.0245. The third-order valence-electron chi connectivity index (χ3n) is 4.20. The summed E-state index contributed by atoms with van der Waals surface area (Å²) < 4.78 is 14.6. The smallest absolute Gasteiger partial charge is 0.255 e. The van der Waals surface area contributed by atoms with Crippen LogP contribution in [0.5, 0.6) is 0 Å². The average molecular weight is 441 g/mol. The summed E-state index contributed by atoms with van der Waals surface area (Å²) in [5.41, 5.74) is 1.93. The Hall–Kier alpha value is -2.99. The maximum atomic E-state index is 14.0. The van der Waals surface area contributed by atoms with Gasteiger partial charge in [-0.15, -0.1) is 0 Å². The number of anilines is 1. The lowest BCUT2D eigenvalue weighted by Gasteiger charge is -2.16. The zero-order valence-corrected chi connectivity index (χ0v) is 16.7. The van der Waals surface area contributed by atoms with E-state index in [1.165, 1.54) is 12.1 Å². The second-order valence-corrected chi connectivity index (χ2v) is 7.18. The molecular weight excluding hydrogens is 423 g/mol. The van der Waals surface area contributed by atoms with Gasteiger partial charge in [-0.25, -0.2) is 4.39 Å². The summed E-state index contributed by atoms with van der Waals surface area (Å²) in [5, 5.41) is 5.62. The molecular formula is C22H18BrFN2O2. The molecule has 0 saturated carbocycles. The van der Waals surface area contributed by atoms with E-state index in [0.717, 1.165) is 5.56 Å². The van der Waals surface area contributed by atoms with Crippen molar-refractivity contribution < 1.29 is 14.0 Å². The van der Waals surface area contributed by atoms with Crippen LogP contribution in [0.4, 0.5) is 10.1 Å². The Morgan fingerprint density at radius 1 is 0.929 bits per heavy atom. The molecule has 0 aliphatic carbocycles. The molecule has 0 aliphatic heterocycles. The molecule has 0 fully saturated rings. The number of carbonyl (C=O) groups is 2. The summed E-state index contributed by atoms with van der Waals surface area (Å²) >= 11 is 3.17. The largest absolute Gasteiger partial charge is 0.345 e. The number of nitrogens with one attached hydrogen (secondary N) is 2. The molecule has 2 amide bonds. The second-order valence-electron chi connectivity index (χ2n) is 6.26. The predicted octanol–water partition coefficient (Wildman–Crippen LogP) is 5.33. The fraction of sp³-hybridized carbons (Fsp3) is 0.0909. The molecule has 0 heterocycles. The van der Waals surface area contributed by atoms with E-state index in [9.17, 15) is 14.0 Å². The maximum Gasteiger partial charge on any atom is 0.255 e. The summed E-state index contributed by atoms with van der Waals surface area (Å²) in [6, 6.07) is 20.0. The molecule has 0 spiro atoms. The van der Waals surface area contributed by atoms with E-state index in [2.05, 4.69) is 26.6 Å². The van der Waals surface area contributed by atoms with E-state index in [1.807, 2.05) is 12.1 Å². The van der Waals surface area contributed by atoms with Crippen molar-refractivity contribution in [2.45, 2.75) is 13.0 Å². The van der Waals surface area contributed by atoms with Gasteiger partial charge in [0.25, 0.3) is 11.8 Å². The topological polar surface area (TPSA) is 58.2 Å². The van der Waals surface area contributed by atoms with Gasteiger partial charge in [-0.1, -0.05) is 46.3 Å². The summed E-state index contributed by atoms with van der Waals surface area (Å²) in [6.45, 7) is 1.80. The molecule has 1 atom stereocenters. The molecule has 4 nitrogen and oxygen atoms in total. The van der Waals surface area contributed by atoms with Gasteiger partial charge >= 0.3 is 0 Å². The lowest BCUT2D eigenvalue weighted by atomic mass is 10.1. The molecule has 3 aromatic carbocycles. The second kappa shape index (κ2) is 8.80. The summed E-state index contributed by atoms with van der Waals surface area (Å²) in [7, 11) is 0. The van der Waals surface area contributed by atoms with Crippen LogP contribution in [0, 0.1) is 5.82 Å². The van der Waals surface area contributed by atoms with Crippen LogP contribution >= 0.6 is 15.9 Å². The number of amides is 2. The number of benzene rings is 3. The van der Waals surface area contributed by atoms with Crippen molar-refractivity contribution in [2.75, 3.05) is 5.32 Å². The van der Waals surface area contributed by atoms with Crippen molar-refractivity contribution in [3.8, 4) is 0 Å². The number of hydrogen-bond acceptors (Lipinski definition) is 2. The Morgan fingerprint density at radius 2 is 1.68 bits per heavy atom. The van der Waals surface area contributed by atoms with Gasteiger partial charge in [-0.2, -0.15) is 0 Å². The van der Waals surface area contributed by atoms with Crippen molar-refractivity contribution in [3.05, 3.63) is 99.8 Å². The first-order chi connectivity index (χ1) is 13.4. The van der Waals surface area contributed by atoms with Gasteiger partial charge in [0.2, 0.25) is 0 Å². The molecule has 0 aliphatic rings. The van der Waals surface area contributed by atoms with Crippen LogP contribution in [-0.4, -0.2) is 11.8 Å². The first-order valence-electron chi connectivity index (χ1n) is 8.66. The minimum atomic E-state index is -0.594. The Kier molecular flexibility index (Phi) is 6.21. The molecule has 3 rings (SSSR count). The van der Waals surface area contributed by atoms with Gasteiger partial charge < -0.3 is 10.6 Å². The van der Waals surface area contributed by atoms with E-state index < -0.39 is 11.7 Å². The molecule has 2 N–H and O–H groups in total. The van der Waals surface area contributed by atoms with E-state index >= 15 is 0 Å². The van der Waals surface area contributed by atoms with Crippen LogP contribution < -0.4 is 10.6 Å². The predicted molar refractivity (Wildman–Crippen MR) is 111 cm³/mol. The minimum Gasteiger partial charge on any atom is -0.345 e. The number of rotatable bonds is 5. The van der Waals surface area contributed by atoms with Crippen molar-refractivity contribution in [2.24, 2.45) is 0 Å². The zero-order chi connectivity index (χ0) is 20.1. The molecule has 1 unspecified atom stereocenters. The highest BCUT2D eigenvalue weighted by Gasteiger charge is 2.16. The molecule has 0 bridgehead atoms. The monoisotopic (exact) mass is 440 g/mol. The first-order valence-corrected chi connectivity index (χ1v) is 9.45. The lowest BCUT2D eigenvalue weighted by molar-refractivity contribution is 0.0935. The number of halogens is 2. The van der Waals surface area contributed by atoms with E-state index in [-0.39, 0.29) is 17.5 Å². The van der Waals surface area contributed by atoms with Crippen molar-refractivity contribution in [1.29, 1.82) is 0 Å². The molecule has 142 valence electrons. The SMILES string of the molecule is CC(NC(=O)c1ccc(Br)cc1F)c1cccc(NC(=O)c2ccccc2)c1. The Bertz CT molecular complexity index is 1010. The fourth-order valence-corrected chi connectivity index (χ4v) is 3.04. The third kappa shape index (κ3) is 4.84. The molecule has 0 saturated heterocycles. The Balaban J connectivity index is 1.70. The van der Waals surface area contributed by atoms with Gasteiger partial charge in [0.1, 0.15) is 5.82 Å². The Morgan fingerprint density at radius 3 is 2.39 bits per heavy atom. The number of carbonyl (C=O) groups excluding carboxylic acids is 2. The van der Waals surface area contributed by atoms with Crippen LogP contribution in [0.3, 0.4) is 0 Å². The quantitative estimate of drug-likeness (QED) is 0.562. The maximum absolute atomic E-state index is 14.0. The lowest BCUT2D eigenvalue weighted by Crippen LogP contribution is -2.27. The fourth-order valence-electron chi connectivity index (χ4n) is 2.71. The summed E-state index contributed by atoms with van der Waals surface area (Å²) in [6.07, 6.45) is 0. The van der Waals surface area contributed by atoms with Crippen LogP contribution in [0.15, 0.2) is 77.3 Å². The van der Waals surface area contributed by atoms with Gasteiger partial charge in [0, 0.05) is 15.7 Å². The summed E-state index contributed by atoms with van der Waals surface area (Å²) in [4.78, 5) is 24.7. The van der Waals surface area contributed by atoms with Crippen LogP contribution in [0.1, 0.15) is 39.2 Å². The van der Waals surface area contributed by atoms with Gasteiger partial charge in [-0.3, -0.25) is 9.59 Å². The molecule has 0 radical (unpaired) electrons. The van der Waals surface area contributed by atoms with E-state index in [1.54, 1.807) is 55.5 Å². The standard InChI is InChI=1S/C22H18BrFN2O2/c1-14(25-22(28)19-11-10-17(23)13-20(19)24)16-8-5-9-18(12-16)26-21(27)15-6-3-2-4-7-15/h2-14H,1H3,(H,25,28)(H,26,27). The normalized spacial score (nSPS) is 11.5. The molecule has 28 heavy (non-hydrogen) atoms. The highest BCUT2D eigenvalue weighted by atomic mass is 79.9. The Labute approximate surface area is 170 Å². The summed E-state index contributed by atoms with van der Waals surface area (Å²) in [5.74, 6) is -1.31. The highest BCUT2D eigenvalue weighted by molar-refractivity contribution is 9.10. The highest BCUT2D eigenvalue weighted by Crippen LogP contribution is 2.20. The van der Waals surface area contributed by atoms with Gasteiger partial charge in [-0.05, 0) is 55.0 Å². The van der Waals surface area contributed by atoms with Gasteiger partial charge in [0.15, 0.2) is 0 Å². The van der Waals surface area contributed by atoms with E-state index in [4.69, 9.17) is 0 Å². The third-order valence-corrected chi connectivity index (χ3v) is 4.70. The van der Waals surface area contributed by atoms with E-state index in [0.29, 0.717) is 15.7 Å². The van der Waals surface area contributed by atoms with Crippen LogP contribution in [0.2, 0.25) is 0 Å². The first kappa shape index (κ1) is 19.8. The average Bonchev–Trinajstić information content (AvgIpc) is 2.68. The molecule has 3 aromatic rings. The van der Waals surface area contributed by atoms with Gasteiger partial charge in [0.05, 0.1) is 11.6 Å². The molecule has 6 heteroatoms. The zero-order valence-electron chi connectivity index (χ0n) is 15.1. The van der Waals surface area contributed by atoms with Crippen LogP contribution in [-0.2, 0) is 0 Å².